The third kappa shape index (κ3) is 2.23. The summed E-state index contributed by atoms with van der Waals surface area (Å²) in [6.45, 7) is 2.08. The van der Waals surface area contributed by atoms with E-state index in [2.05, 4.69) is 24.4 Å². The number of aryl methyl sites for hydroxylation is 1. The predicted molar refractivity (Wildman–Crippen MR) is 93.9 cm³/mol. The van der Waals surface area contributed by atoms with Gasteiger partial charge in [0, 0.05) is 11.4 Å². The minimum Gasteiger partial charge on any atom is -0.362 e. The molecule has 0 radical (unpaired) electrons. The van der Waals surface area contributed by atoms with Crippen molar-refractivity contribution in [3.8, 4) is 0 Å². The normalized spacial score (nSPS) is 19.3. The van der Waals surface area contributed by atoms with Gasteiger partial charge in [-0.15, -0.1) is 0 Å². The molecular formula is C20H22N2O. The van der Waals surface area contributed by atoms with E-state index < -0.39 is 0 Å². The van der Waals surface area contributed by atoms with Crippen molar-refractivity contribution >= 4 is 17.3 Å². The molecule has 0 atom stereocenters. The highest BCUT2D eigenvalue weighted by Crippen LogP contribution is 2.43. The molecule has 23 heavy (non-hydrogen) atoms. The van der Waals surface area contributed by atoms with Gasteiger partial charge in [-0.05, 0) is 56.4 Å². The van der Waals surface area contributed by atoms with Crippen molar-refractivity contribution in [2.45, 2.75) is 44.7 Å². The minimum atomic E-state index is -0.282. The molecular weight excluding hydrogens is 284 g/mol. The number of carbonyl (C=O) groups excluding carboxylic acids is 1. The molecule has 3 nitrogen and oxygen atoms in total. The Morgan fingerprint density at radius 2 is 1.65 bits per heavy atom. The summed E-state index contributed by atoms with van der Waals surface area (Å²) in [7, 11) is 0. The number of hydrogen-bond donors (Lipinski definition) is 1. The summed E-state index contributed by atoms with van der Waals surface area (Å²) in [6.07, 6.45) is 5.57. The van der Waals surface area contributed by atoms with E-state index in [0.29, 0.717) is 0 Å². The first kappa shape index (κ1) is 14.3. The molecule has 3 heteroatoms. The third-order valence-electron chi connectivity index (χ3n) is 5.19. The van der Waals surface area contributed by atoms with Gasteiger partial charge < -0.3 is 5.32 Å². The van der Waals surface area contributed by atoms with E-state index in [1.54, 1.807) is 0 Å². The lowest BCUT2D eigenvalue weighted by molar-refractivity contribution is 0.0938. The van der Waals surface area contributed by atoms with Gasteiger partial charge in [-0.3, -0.25) is 9.69 Å². The van der Waals surface area contributed by atoms with Gasteiger partial charge in [0.15, 0.2) is 0 Å². The highest BCUT2D eigenvalue weighted by molar-refractivity contribution is 6.13. The van der Waals surface area contributed by atoms with E-state index in [4.69, 9.17) is 0 Å². The van der Waals surface area contributed by atoms with Gasteiger partial charge in [-0.1, -0.05) is 36.8 Å². The largest absolute Gasteiger partial charge is 0.362 e. The van der Waals surface area contributed by atoms with Crippen LogP contribution in [-0.2, 0) is 0 Å². The Balaban J connectivity index is 1.89. The maximum atomic E-state index is 13.3. The molecule has 1 spiro atoms. The van der Waals surface area contributed by atoms with E-state index in [-0.39, 0.29) is 11.6 Å². The molecule has 0 saturated heterocycles. The molecule has 1 aliphatic heterocycles. The SMILES string of the molecule is Cc1ccccc1N1C(=O)c2ccccc2NC12CCCCC2. The molecule has 1 amide bonds. The van der Waals surface area contributed by atoms with Gasteiger partial charge in [0.05, 0.1) is 5.56 Å². The number of carbonyl (C=O) groups is 1. The van der Waals surface area contributed by atoms with Crippen LogP contribution in [0.4, 0.5) is 11.4 Å². The molecule has 0 bridgehead atoms. The molecule has 4 rings (SSSR count). The Morgan fingerprint density at radius 1 is 0.957 bits per heavy atom. The van der Waals surface area contributed by atoms with Crippen LogP contribution in [0.5, 0.6) is 0 Å². The van der Waals surface area contributed by atoms with E-state index in [1.165, 1.54) is 6.42 Å². The van der Waals surface area contributed by atoms with Crippen LogP contribution in [0.15, 0.2) is 48.5 Å². The Bertz CT molecular complexity index is 747. The zero-order valence-corrected chi connectivity index (χ0v) is 13.5. The van der Waals surface area contributed by atoms with Crippen LogP contribution >= 0.6 is 0 Å². The summed E-state index contributed by atoms with van der Waals surface area (Å²) in [6, 6.07) is 16.1. The summed E-state index contributed by atoms with van der Waals surface area (Å²) in [5.74, 6) is 0.121. The van der Waals surface area contributed by atoms with Crippen molar-refractivity contribution in [3.63, 3.8) is 0 Å². The summed E-state index contributed by atoms with van der Waals surface area (Å²) in [5, 5.41) is 3.72. The first-order valence-corrected chi connectivity index (χ1v) is 8.49. The summed E-state index contributed by atoms with van der Waals surface area (Å²) in [5.41, 5.74) is 3.64. The zero-order valence-electron chi connectivity index (χ0n) is 13.5. The monoisotopic (exact) mass is 306 g/mol. The molecule has 0 aromatic heterocycles. The van der Waals surface area contributed by atoms with Gasteiger partial charge in [-0.2, -0.15) is 0 Å². The van der Waals surface area contributed by atoms with Crippen LogP contribution in [0.3, 0.4) is 0 Å². The predicted octanol–water partition coefficient (Wildman–Crippen LogP) is 4.73. The second-order valence-electron chi connectivity index (χ2n) is 6.69. The summed E-state index contributed by atoms with van der Waals surface area (Å²) in [4.78, 5) is 15.4. The third-order valence-corrected chi connectivity index (χ3v) is 5.19. The summed E-state index contributed by atoms with van der Waals surface area (Å²) >= 11 is 0. The van der Waals surface area contributed by atoms with Crippen molar-refractivity contribution in [2.75, 3.05) is 10.2 Å². The lowest BCUT2D eigenvalue weighted by atomic mass is 9.84. The Morgan fingerprint density at radius 3 is 2.43 bits per heavy atom. The number of nitrogens with one attached hydrogen (secondary N) is 1. The van der Waals surface area contributed by atoms with Crippen molar-refractivity contribution in [1.29, 1.82) is 0 Å². The number of para-hydroxylation sites is 2. The van der Waals surface area contributed by atoms with Crippen LogP contribution in [0.1, 0.15) is 48.0 Å². The number of benzene rings is 2. The Labute approximate surface area is 137 Å². The average Bonchev–Trinajstić information content (AvgIpc) is 2.57. The maximum Gasteiger partial charge on any atom is 0.262 e. The number of fused-ring (bicyclic) bond motifs is 1. The van der Waals surface area contributed by atoms with E-state index in [9.17, 15) is 4.79 Å². The Kier molecular flexibility index (Phi) is 3.37. The molecule has 2 aliphatic rings. The van der Waals surface area contributed by atoms with E-state index in [0.717, 1.165) is 48.2 Å². The molecule has 1 saturated carbocycles. The van der Waals surface area contributed by atoms with Crippen LogP contribution in [0, 0.1) is 6.92 Å². The van der Waals surface area contributed by atoms with Gasteiger partial charge in [0.25, 0.3) is 5.91 Å². The number of amides is 1. The van der Waals surface area contributed by atoms with Gasteiger partial charge in [0.1, 0.15) is 5.66 Å². The van der Waals surface area contributed by atoms with E-state index in [1.807, 2.05) is 41.3 Å². The number of anilines is 2. The quantitative estimate of drug-likeness (QED) is 0.826. The highest BCUT2D eigenvalue weighted by atomic mass is 16.2. The second kappa shape index (κ2) is 5.41. The molecule has 118 valence electrons. The fourth-order valence-electron chi connectivity index (χ4n) is 4.04. The maximum absolute atomic E-state index is 13.3. The lowest BCUT2D eigenvalue weighted by Gasteiger charge is -2.50. The van der Waals surface area contributed by atoms with Crippen molar-refractivity contribution in [3.05, 3.63) is 59.7 Å². The highest BCUT2D eigenvalue weighted by Gasteiger charge is 2.46. The Hall–Kier alpha value is -2.29. The smallest absolute Gasteiger partial charge is 0.262 e. The molecule has 2 aromatic rings. The fraction of sp³-hybridized carbons (Fsp3) is 0.350. The first-order valence-electron chi connectivity index (χ1n) is 8.49. The molecule has 2 aromatic carbocycles. The van der Waals surface area contributed by atoms with Crippen molar-refractivity contribution in [2.24, 2.45) is 0 Å². The van der Waals surface area contributed by atoms with E-state index >= 15 is 0 Å². The van der Waals surface area contributed by atoms with Crippen molar-refractivity contribution < 1.29 is 4.79 Å². The standard InChI is InChI=1S/C20H22N2O/c1-15-9-3-6-12-18(15)22-19(23)16-10-4-5-11-17(16)21-20(22)13-7-2-8-14-20/h3-6,9-12,21H,2,7-8,13-14H2,1H3. The van der Waals surface area contributed by atoms with Crippen LogP contribution in [0.25, 0.3) is 0 Å². The molecule has 1 N–H and O–H groups in total. The molecule has 1 heterocycles. The fourth-order valence-corrected chi connectivity index (χ4v) is 4.04. The number of hydrogen-bond acceptors (Lipinski definition) is 2. The average molecular weight is 306 g/mol. The topological polar surface area (TPSA) is 32.3 Å². The summed E-state index contributed by atoms with van der Waals surface area (Å²) < 4.78 is 0. The van der Waals surface area contributed by atoms with Gasteiger partial charge in [0.2, 0.25) is 0 Å². The van der Waals surface area contributed by atoms with Crippen molar-refractivity contribution in [1.82, 2.24) is 0 Å². The van der Waals surface area contributed by atoms with Gasteiger partial charge in [-0.25, -0.2) is 0 Å². The lowest BCUT2D eigenvalue weighted by Crippen LogP contribution is -2.61. The zero-order chi connectivity index (χ0) is 15.9. The number of rotatable bonds is 1. The van der Waals surface area contributed by atoms with Crippen LogP contribution in [0.2, 0.25) is 0 Å². The second-order valence-corrected chi connectivity index (χ2v) is 6.69. The molecule has 1 aliphatic carbocycles. The molecule has 1 fully saturated rings. The first-order chi connectivity index (χ1) is 11.2. The van der Waals surface area contributed by atoms with Crippen LogP contribution < -0.4 is 10.2 Å². The van der Waals surface area contributed by atoms with Gasteiger partial charge >= 0.3 is 0 Å². The number of nitrogens with zero attached hydrogens (tertiary/aromatic N) is 1. The minimum absolute atomic E-state index is 0.121. The molecule has 0 unspecified atom stereocenters. The van der Waals surface area contributed by atoms with Crippen LogP contribution in [-0.4, -0.2) is 11.6 Å².